The van der Waals surface area contributed by atoms with Gasteiger partial charge in [0.2, 0.25) is 0 Å². The van der Waals surface area contributed by atoms with E-state index in [9.17, 15) is 4.39 Å². The van der Waals surface area contributed by atoms with E-state index in [-0.39, 0.29) is 5.82 Å². The summed E-state index contributed by atoms with van der Waals surface area (Å²) < 4.78 is 20.1. The molecule has 2 heteroatoms. The predicted octanol–water partition coefficient (Wildman–Crippen LogP) is 5.39. The van der Waals surface area contributed by atoms with Crippen molar-refractivity contribution in [1.29, 1.82) is 0 Å². The Morgan fingerprint density at radius 1 is 0.880 bits per heavy atom. The van der Waals surface area contributed by atoms with E-state index in [0.29, 0.717) is 5.56 Å². The molecule has 0 spiro atoms. The minimum Gasteiger partial charge on any atom is -0.497 e. The van der Waals surface area contributed by atoms with Crippen molar-refractivity contribution in [1.82, 2.24) is 0 Å². The van der Waals surface area contributed by atoms with E-state index in [2.05, 4.69) is 24.3 Å². The van der Waals surface area contributed by atoms with E-state index in [1.165, 1.54) is 17.2 Å². The van der Waals surface area contributed by atoms with Crippen LogP contribution in [0.2, 0.25) is 0 Å². The van der Waals surface area contributed by atoms with Crippen LogP contribution in [0.1, 0.15) is 22.3 Å². The van der Waals surface area contributed by atoms with Gasteiger partial charge < -0.3 is 4.74 Å². The standard InChI is InChI=1S/C23H19FO/c1-25-20-12-10-19(11-13-20)23(21-8-4-5-9-22(21)24)15-14-17-6-2-3-7-18(17)16-23/h2-15H,16H2,1H3. The number of benzene rings is 3. The van der Waals surface area contributed by atoms with Crippen LogP contribution in [0.4, 0.5) is 4.39 Å². The minimum absolute atomic E-state index is 0.178. The highest BCUT2D eigenvalue weighted by Gasteiger charge is 2.36. The van der Waals surface area contributed by atoms with Crippen molar-refractivity contribution in [2.45, 2.75) is 11.8 Å². The molecule has 1 nitrogen and oxygen atoms in total. The van der Waals surface area contributed by atoms with Gasteiger partial charge in [-0.3, -0.25) is 0 Å². The molecule has 0 bridgehead atoms. The van der Waals surface area contributed by atoms with Gasteiger partial charge in [-0.05, 0) is 41.3 Å². The molecule has 1 aliphatic carbocycles. The Bertz CT molecular complexity index is 927. The van der Waals surface area contributed by atoms with Crippen LogP contribution in [0.15, 0.2) is 78.9 Å². The average molecular weight is 330 g/mol. The van der Waals surface area contributed by atoms with E-state index < -0.39 is 5.41 Å². The lowest BCUT2D eigenvalue weighted by atomic mass is 9.67. The van der Waals surface area contributed by atoms with E-state index in [0.717, 1.165) is 17.7 Å². The molecule has 0 aromatic heterocycles. The van der Waals surface area contributed by atoms with E-state index in [1.54, 1.807) is 13.2 Å². The summed E-state index contributed by atoms with van der Waals surface area (Å²) in [7, 11) is 1.65. The monoisotopic (exact) mass is 330 g/mol. The van der Waals surface area contributed by atoms with Crippen LogP contribution >= 0.6 is 0 Å². The Kier molecular flexibility index (Phi) is 3.89. The predicted molar refractivity (Wildman–Crippen MR) is 99.4 cm³/mol. The second-order valence-corrected chi connectivity index (χ2v) is 6.39. The van der Waals surface area contributed by atoms with Crippen LogP contribution in [-0.4, -0.2) is 7.11 Å². The second-order valence-electron chi connectivity index (χ2n) is 6.39. The highest BCUT2D eigenvalue weighted by Crippen LogP contribution is 2.42. The quantitative estimate of drug-likeness (QED) is 0.625. The maximum Gasteiger partial charge on any atom is 0.127 e. The lowest BCUT2D eigenvalue weighted by molar-refractivity contribution is 0.414. The first-order valence-electron chi connectivity index (χ1n) is 8.40. The molecular weight excluding hydrogens is 311 g/mol. The van der Waals surface area contributed by atoms with Gasteiger partial charge in [0.15, 0.2) is 0 Å². The summed E-state index contributed by atoms with van der Waals surface area (Å²) in [6.45, 7) is 0. The molecule has 0 N–H and O–H groups in total. The smallest absolute Gasteiger partial charge is 0.127 e. The topological polar surface area (TPSA) is 9.23 Å². The molecule has 0 saturated heterocycles. The van der Waals surface area contributed by atoms with Gasteiger partial charge in [-0.25, -0.2) is 4.39 Å². The third kappa shape index (κ3) is 2.64. The molecule has 0 amide bonds. The van der Waals surface area contributed by atoms with E-state index >= 15 is 0 Å². The zero-order valence-electron chi connectivity index (χ0n) is 14.1. The number of halogens is 1. The van der Waals surface area contributed by atoms with Gasteiger partial charge in [-0.1, -0.05) is 66.7 Å². The number of allylic oxidation sites excluding steroid dienone is 1. The Hall–Kier alpha value is -2.87. The van der Waals surface area contributed by atoms with Gasteiger partial charge in [-0.2, -0.15) is 0 Å². The van der Waals surface area contributed by atoms with Crippen LogP contribution in [-0.2, 0) is 11.8 Å². The average Bonchev–Trinajstić information content (AvgIpc) is 2.68. The summed E-state index contributed by atoms with van der Waals surface area (Å²) in [5.74, 6) is 0.620. The second kappa shape index (κ2) is 6.21. The molecule has 0 saturated carbocycles. The van der Waals surface area contributed by atoms with Gasteiger partial charge >= 0.3 is 0 Å². The lowest BCUT2D eigenvalue weighted by Crippen LogP contribution is -2.31. The fourth-order valence-corrected chi connectivity index (χ4v) is 3.70. The van der Waals surface area contributed by atoms with E-state index in [4.69, 9.17) is 4.74 Å². The van der Waals surface area contributed by atoms with Crippen molar-refractivity contribution in [3.05, 3.63) is 107 Å². The fraction of sp³-hybridized carbons (Fsp3) is 0.130. The summed E-state index contributed by atoms with van der Waals surface area (Å²) in [4.78, 5) is 0. The first-order chi connectivity index (χ1) is 12.2. The first-order valence-corrected chi connectivity index (χ1v) is 8.40. The Labute approximate surface area is 147 Å². The van der Waals surface area contributed by atoms with Crippen molar-refractivity contribution in [3.8, 4) is 5.75 Å². The maximum atomic E-state index is 14.8. The summed E-state index contributed by atoms with van der Waals surface area (Å²) >= 11 is 0. The molecule has 4 rings (SSSR count). The molecule has 1 atom stereocenters. The van der Waals surface area contributed by atoms with E-state index in [1.807, 2.05) is 48.5 Å². The maximum absolute atomic E-state index is 14.8. The molecule has 0 aliphatic heterocycles. The molecule has 3 aromatic carbocycles. The van der Waals surface area contributed by atoms with Crippen molar-refractivity contribution >= 4 is 6.08 Å². The molecule has 25 heavy (non-hydrogen) atoms. The zero-order chi connectivity index (χ0) is 17.3. The Morgan fingerprint density at radius 3 is 2.36 bits per heavy atom. The minimum atomic E-state index is -0.522. The van der Waals surface area contributed by atoms with Crippen LogP contribution in [0.3, 0.4) is 0 Å². The number of fused-ring (bicyclic) bond motifs is 1. The van der Waals surface area contributed by atoms with Gasteiger partial charge in [0.1, 0.15) is 11.6 Å². The summed E-state index contributed by atoms with van der Waals surface area (Å²) in [6.07, 6.45) is 4.97. The molecular formula is C23H19FO. The highest BCUT2D eigenvalue weighted by atomic mass is 19.1. The molecule has 1 aliphatic rings. The fourth-order valence-electron chi connectivity index (χ4n) is 3.70. The largest absolute Gasteiger partial charge is 0.497 e. The number of methoxy groups -OCH3 is 1. The SMILES string of the molecule is COc1ccc(C2(c3ccccc3F)C=Cc3ccccc3C2)cc1. The molecule has 1 unspecified atom stereocenters. The summed E-state index contributed by atoms with van der Waals surface area (Å²) in [6, 6.07) is 23.3. The van der Waals surface area contributed by atoms with Gasteiger partial charge in [0.25, 0.3) is 0 Å². The Balaban J connectivity index is 1.92. The molecule has 0 radical (unpaired) electrons. The summed E-state index contributed by atoms with van der Waals surface area (Å²) in [5, 5.41) is 0. The van der Waals surface area contributed by atoms with Crippen molar-refractivity contribution in [3.63, 3.8) is 0 Å². The molecule has 0 heterocycles. The number of ether oxygens (including phenoxy) is 1. The van der Waals surface area contributed by atoms with Gasteiger partial charge in [-0.15, -0.1) is 0 Å². The normalized spacial score (nSPS) is 18.6. The molecule has 0 fully saturated rings. The molecule has 124 valence electrons. The van der Waals surface area contributed by atoms with Gasteiger partial charge in [0.05, 0.1) is 7.11 Å². The highest BCUT2D eigenvalue weighted by molar-refractivity contribution is 5.64. The summed E-state index contributed by atoms with van der Waals surface area (Å²) in [5.41, 5.74) is 3.66. The lowest BCUT2D eigenvalue weighted by Gasteiger charge is -2.36. The van der Waals surface area contributed by atoms with Crippen molar-refractivity contribution in [2.24, 2.45) is 0 Å². The van der Waals surface area contributed by atoms with Crippen molar-refractivity contribution < 1.29 is 9.13 Å². The number of hydrogen-bond acceptors (Lipinski definition) is 1. The third-order valence-electron chi connectivity index (χ3n) is 5.03. The van der Waals surface area contributed by atoms with Crippen LogP contribution in [0.5, 0.6) is 5.75 Å². The first kappa shape index (κ1) is 15.6. The van der Waals surface area contributed by atoms with Gasteiger partial charge in [0, 0.05) is 11.0 Å². The zero-order valence-corrected chi connectivity index (χ0v) is 14.1. The van der Waals surface area contributed by atoms with Crippen molar-refractivity contribution in [2.75, 3.05) is 7.11 Å². The number of rotatable bonds is 3. The molecule has 3 aromatic rings. The van der Waals surface area contributed by atoms with Crippen LogP contribution < -0.4 is 4.74 Å². The number of hydrogen-bond donors (Lipinski definition) is 0. The van der Waals surface area contributed by atoms with Crippen LogP contribution in [0, 0.1) is 5.82 Å². The third-order valence-corrected chi connectivity index (χ3v) is 5.03. The van der Waals surface area contributed by atoms with Crippen LogP contribution in [0.25, 0.3) is 6.08 Å². The Morgan fingerprint density at radius 2 is 1.60 bits per heavy atom.